The van der Waals surface area contributed by atoms with Gasteiger partial charge < -0.3 is 19.7 Å². The number of hydrogen-bond donors (Lipinski definition) is 1. The Labute approximate surface area is 249 Å². The summed E-state index contributed by atoms with van der Waals surface area (Å²) in [5.41, 5.74) is 1.55. The lowest BCUT2D eigenvalue weighted by Crippen LogP contribution is -2.55. The van der Waals surface area contributed by atoms with Crippen molar-refractivity contribution in [1.29, 1.82) is 0 Å². The molecule has 0 unspecified atom stereocenters. The van der Waals surface area contributed by atoms with Gasteiger partial charge in [0.15, 0.2) is 0 Å². The van der Waals surface area contributed by atoms with E-state index in [4.69, 9.17) is 9.47 Å². The second-order valence-corrected chi connectivity index (χ2v) is 12.9. The highest BCUT2D eigenvalue weighted by Crippen LogP contribution is 2.33. The normalized spacial score (nSPS) is 12.3. The van der Waals surface area contributed by atoms with Crippen LogP contribution in [0.4, 0.5) is 5.69 Å². The number of aryl methyl sites for hydroxylation is 1. The quantitative estimate of drug-likeness (QED) is 0.318. The lowest BCUT2D eigenvalue weighted by molar-refractivity contribution is -0.141. The van der Waals surface area contributed by atoms with Crippen LogP contribution < -0.4 is 19.1 Å². The van der Waals surface area contributed by atoms with E-state index in [1.807, 2.05) is 58.9 Å². The lowest BCUT2D eigenvalue weighted by Gasteiger charge is -2.35. The van der Waals surface area contributed by atoms with E-state index in [1.54, 1.807) is 36.4 Å². The second kappa shape index (κ2) is 13.7. The minimum absolute atomic E-state index is 0.0235. The third-order valence-electron chi connectivity index (χ3n) is 6.64. The molecule has 0 aromatic heterocycles. The molecule has 226 valence electrons. The third-order valence-corrected chi connectivity index (χ3v) is 8.41. The summed E-state index contributed by atoms with van der Waals surface area (Å²) in [4.78, 5) is 29.1. The molecule has 3 aromatic rings. The first-order valence-corrected chi connectivity index (χ1v) is 15.2. The Morgan fingerprint density at radius 2 is 1.52 bits per heavy atom. The Bertz CT molecular complexity index is 1470. The molecule has 0 aliphatic carbocycles. The van der Waals surface area contributed by atoms with Crippen molar-refractivity contribution in [3.8, 4) is 11.5 Å². The van der Waals surface area contributed by atoms with Crippen molar-refractivity contribution in [2.45, 2.75) is 64.1 Å². The fraction of sp³-hybridized carbons (Fsp3) is 0.375. The van der Waals surface area contributed by atoms with E-state index in [2.05, 4.69) is 5.32 Å². The van der Waals surface area contributed by atoms with Crippen molar-refractivity contribution >= 4 is 27.5 Å². The van der Waals surface area contributed by atoms with Gasteiger partial charge in [-0.1, -0.05) is 48.9 Å². The zero-order chi connectivity index (χ0) is 31.1. The topological polar surface area (TPSA) is 105 Å². The summed E-state index contributed by atoms with van der Waals surface area (Å²) in [6.07, 6.45) is 0.333. The highest BCUT2D eigenvalue weighted by atomic mass is 32.2. The number of rotatable bonds is 12. The van der Waals surface area contributed by atoms with Crippen LogP contribution in [-0.2, 0) is 26.2 Å². The lowest BCUT2D eigenvalue weighted by atomic mass is 10.1. The van der Waals surface area contributed by atoms with Crippen molar-refractivity contribution in [1.82, 2.24) is 10.2 Å². The van der Waals surface area contributed by atoms with Gasteiger partial charge in [0, 0.05) is 12.1 Å². The van der Waals surface area contributed by atoms with E-state index in [9.17, 15) is 18.0 Å². The van der Waals surface area contributed by atoms with E-state index >= 15 is 0 Å². The number of anilines is 1. The molecule has 0 spiro atoms. The molecule has 0 heterocycles. The van der Waals surface area contributed by atoms with Gasteiger partial charge in [0.25, 0.3) is 10.0 Å². The molecule has 10 heteroatoms. The van der Waals surface area contributed by atoms with Gasteiger partial charge in [0.05, 0.1) is 24.8 Å². The Kier molecular flexibility index (Phi) is 10.6. The number of sulfonamides is 1. The van der Waals surface area contributed by atoms with Crippen LogP contribution in [0.15, 0.2) is 77.7 Å². The molecule has 1 N–H and O–H groups in total. The van der Waals surface area contributed by atoms with Crippen molar-refractivity contribution in [2.24, 2.45) is 0 Å². The van der Waals surface area contributed by atoms with Crippen LogP contribution in [0.25, 0.3) is 0 Å². The van der Waals surface area contributed by atoms with Crippen molar-refractivity contribution in [3.05, 3.63) is 83.9 Å². The number of ether oxygens (including phenoxy) is 2. The maximum Gasteiger partial charge on any atom is 0.264 e. The number of benzene rings is 3. The van der Waals surface area contributed by atoms with E-state index < -0.39 is 34.1 Å². The smallest absolute Gasteiger partial charge is 0.264 e. The average molecular weight is 596 g/mol. The number of nitrogens with zero attached hydrogens (tertiary/aromatic N) is 2. The number of nitrogens with one attached hydrogen (secondary N) is 1. The van der Waals surface area contributed by atoms with Gasteiger partial charge in [0.2, 0.25) is 11.8 Å². The minimum atomic E-state index is -4.25. The van der Waals surface area contributed by atoms with Crippen LogP contribution >= 0.6 is 0 Å². The molecule has 0 fully saturated rings. The van der Waals surface area contributed by atoms with Crippen LogP contribution in [0.5, 0.6) is 11.5 Å². The number of para-hydroxylation sites is 2. The van der Waals surface area contributed by atoms with Gasteiger partial charge in [-0.2, -0.15) is 0 Å². The monoisotopic (exact) mass is 595 g/mol. The predicted molar refractivity (Wildman–Crippen MR) is 164 cm³/mol. The van der Waals surface area contributed by atoms with Crippen molar-refractivity contribution in [3.63, 3.8) is 0 Å². The molecule has 9 nitrogen and oxygen atoms in total. The predicted octanol–water partition coefficient (Wildman–Crippen LogP) is 4.93. The van der Waals surface area contributed by atoms with Crippen LogP contribution in [0, 0.1) is 6.92 Å². The van der Waals surface area contributed by atoms with Gasteiger partial charge >= 0.3 is 0 Å². The number of amides is 2. The zero-order valence-corrected chi connectivity index (χ0v) is 26.2. The summed E-state index contributed by atoms with van der Waals surface area (Å²) in [5.74, 6) is -0.0689. The number of carbonyl (C=O) groups is 2. The molecular formula is C32H41N3O6S. The molecule has 0 saturated heterocycles. The first kappa shape index (κ1) is 32.5. The van der Waals surface area contributed by atoms with Gasteiger partial charge in [0.1, 0.15) is 24.1 Å². The Hall–Kier alpha value is -4.05. The standard InChI is InChI=1S/C32H41N3O6S/c1-8-27(31(37)33-32(3,4)5)34(21-24-15-13-23(2)14-16-24)30(36)22-35(28-11-9-10-12-29(28)41-7)42(38,39)26-19-17-25(40-6)18-20-26/h9-20,27H,8,21-22H2,1-7H3,(H,33,37)/t27-/m1/s1. The fourth-order valence-electron chi connectivity index (χ4n) is 4.49. The summed E-state index contributed by atoms with van der Waals surface area (Å²) in [7, 11) is -1.32. The number of carbonyl (C=O) groups excluding carboxylic acids is 2. The molecule has 42 heavy (non-hydrogen) atoms. The first-order chi connectivity index (χ1) is 19.8. The van der Waals surface area contributed by atoms with Gasteiger partial charge in [-0.05, 0) is 76.1 Å². The number of methoxy groups -OCH3 is 2. The largest absolute Gasteiger partial charge is 0.497 e. The molecule has 1 atom stereocenters. The molecule has 0 aliphatic heterocycles. The van der Waals surface area contributed by atoms with Gasteiger partial charge in [-0.3, -0.25) is 13.9 Å². The molecule has 0 saturated carbocycles. The highest BCUT2D eigenvalue weighted by Gasteiger charge is 2.35. The molecule has 0 radical (unpaired) electrons. The van der Waals surface area contributed by atoms with Crippen LogP contribution in [0.3, 0.4) is 0 Å². The minimum Gasteiger partial charge on any atom is -0.497 e. The average Bonchev–Trinajstić information content (AvgIpc) is 2.95. The van der Waals surface area contributed by atoms with E-state index in [0.717, 1.165) is 15.4 Å². The van der Waals surface area contributed by atoms with Crippen LogP contribution in [0.2, 0.25) is 0 Å². The summed E-state index contributed by atoms with van der Waals surface area (Å²) < 4.78 is 39.9. The molecule has 3 aromatic carbocycles. The number of hydrogen-bond acceptors (Lipinski definition) is 6. The summed E-state index contributed by atoms with van der Waals surface area (Å²) >= 11 is 0. The summed E-state index contributed by atoms with van der Waals surface area (Å²) in [6.45, 7) is 8.97. The molecule has 0 bridgehead atoms. The summed E-state index contributed by atoms with van der Waals surface area (Å²) in [6, 6.07) is 19.4. The third kappa shape index (κ3) is 8.03. The Balaban J connectivity index is 2.11. The van der Waals surface area contributed by atoms with Crippen LogP contribution in [0.1, 0.15) is 45.2 Å². The van der Waals surface area contributed by atoms with Crippen molar-refractivity contribution in [2.75, 3.05) is 25.1 Å². The Morgan fingerprint density at radius 3 is 2.07 bits per heavy atom. The van der Waals surface area contributed by atoms with Crippen LogP contribution in [-0.4, -0.2) is 57.5 Å². The SMILES string of the molecule is CC[C@H](C(=O)NC(C)(C)C)N(Cc1ccc(C)cc1)C(=O)CN(c1ccccc1OC)S(=O)(=O)c1ccc(OC)cc1. The Morgan fingerprint density at radius 1 is 0.905 bits per heavy atom. The molecular weight excluding hydrogens is 554 g/mol. The van der Waals surface area contributed by atoms with Gasteiger partial charge in [-0.15, -0.1) is 0 Å². The molecule has 2 amide bonds. The molecule has 0 aliphatic rings. The second-order valence-electron chi connectivity index (χ2n) is 11.0. The molecule has 3 rings (SSSR count). The highest BCUT2D eigenvalue weighted by molar-refractivity contribution is 7.92. The van der Waals surface area contributed by atoms with Gasteiger partial charge in [-0.25, -0.2) is 8.42 Å². The first-order valence-electron chi connectivity index (χ1n) is 13.8. The fourth-order valence-corrected chi connectivity index (χ4v) is 5.91. The van der Waals surface area contributed by atoms with E-state index in [-0.39, 0.29) is 28.8 Å². The maximum atomic E-state index is 14.2. The zero-order valence-electron chi connectivity index (χ0n) is 25.4. The van der Waals surface area contributed by atoms with E-state index in [0.29, 0.717) is 12.2 Å². The van der Waals surface area contributed by atoms with Crippen molar-refractivity contribution < 1.29 is 27.5 Å². The van der Waals surface area contributed by atoms with E-state index in [1.165, 1.54) is 31.3 Å². The summed E-state index contributed by atoms with van der Waals surface area (Å²) in [5, 5.41) is 2.97. The maximum absolute atomic E-state index is 14.2.